The van der Waals surface area contributed by atoms with Crippen LogP contribution in [0.1, 0.15) is 85.0 Å². The number of hydrogen-bond donors (Lipinski definition) is 0. The Morgan fingerprint density at radius 2 is 1.26 bits per heavy atom. The molecular formula is C28H44O6. The maximum Gasteiger partial charge on any atom is 0.333 e. The third-order valence-corrected chi connectivity index (χ3v) is 9.04. The van der Waals surface area contributed by atoms with Gasteiger partial charge in [-0.1, -0.05) is 20.4 Å². The molecule has 34 heavy (non-hydrogen) atoms. The molecule has 192 valence electrons. The van der Waals surface area contributed by atoms with E-state index in [0.717, 1.165) is 104 Å². The number of esters is 1. The van der Waals surface area contributed by atoms with Crippen LogP contribution in [0.3, 0.4) is 0 Å². The summed E-state index contributed by atoms with van der Waals surface area (Å²) < 4.78 is 30.5. The highest BCUT2D eigenvalue weighted by atomic mass is 16.6. The Hall–Kier alpha value is -0.950. The Labute approximate surface area is 205 Å². The molecule has 2 atom stereocenters. The van der Waals surface area contributed by atoms with Gasteiger partial charge >= 0.3 is 5.97 Å². The molecule has 2 aliphatic heterocycles. The molecule has 2 saturated heterocycles. The molecule has 2 heterocycles. The predicted octanol–water partition coefficient (Wildman–Crippen LogP) is 4.99. The first kappa shape index (κ1) is 24.7. The van der Waals surface area contributed by atoms with Crippen molar-refractivity contribution in [2.24, 2.45) is 16.7 Å². The van der Waals surface area contributed by atoms with Crippen LogP contribution in [0.5, 0.6) is 0 Å². The molecule has 4 bridgehead atoms. The van der Waals surface area contributed by atoms with Gasteiger partial charge in [0.15, 0.2) is 0 Å². The molecule has 6 rings (SSSR count). The van der Waals surface area contributed by atoms with Crippen LogP contribution in [0.2, 0.25) is 0 Å². The summed E-state index contributed by atoms with van der Waals surface area (Å²) in [6.07, 6.45) is 9.88. The Bertz CT molecular complexity index is 753. The van der Waals surface area contributed by atoms with Crippen LogP contribution in [-0.2, 0) is 28.5 Å². The largest absolute Gasteiger partial charge is 0.455 e. The third-order valence-electron chi connectivity index (χ3n) is 9.04. The molecular weight excluding hydrogens is 432 g/mol. The minimum Gasteiger partial charge on any atom is -0.455 e. The van der Waals surface area contributed by atoms with Gasteiger partial charge in [-0.25, -0.2) is 4.79 Å². The van der Waals surface area contributed by atoms with Gasteiger partial charge in [0.25, 0.3) is 0 Å². The highest BCUT2D eigenvalue weighted by Crippen LogP contribution is 2.63. The van der Waals surface area contributed by atoms with Gasteiger partial charge in [-0.3, -0.25) is 0 Å². The van der Waals surface area contributed by atoms with E-state index in [2.05, 4.69) is 20.4 Å². The number of hydrogen-bond acceptors (Lipinski definition) is 6. The third kappa shape index (κ3) is 4.98. The van der Waals surface area contributed by atoms with Crippen molar-refractivity contribution >= 4 is 5.97 Å². The fourth-order valence-electron chi connectivity index (χ4n) is 7.66. The minimum absolute atomic E-state index is 0.250. The first-order valence-electron chi connectivity index (χ1n) is 13.4. The molecule has 6 heteroatoms. The van der Waals surface area contributed by atoms with E-state index in [0.29, 0.717) is 22.3 Å². The van der Waals surface area contributed by atoms with E-state index in [1.54, 1.807) is 6.92 Å². The summed E-state index contributed by atoms with van der Waals surface area (Å²) in [6, 6.07) is 0. The van der Waals surface area contributed by atoms with Crippen molar-refractivity contribution in [3.63, 3.8) is 0 Å². The van der Waals surface area contributed by atoms with Gasteiger partial charge < -0.3 is 23.7 Å². The second-order valence-electron chi connectivity index (χ2n) is 13.2. The van der Waals surface area contributed by atoms with Gasteiger partial charge in [0.2, 0.25) is 0 Å². The lowest BCUT2D eigenvalue weighted by molar-refractivity contribution is -0.284. The average molecular weight is 477 g/mol. The molecule has 6 fully saturated rings. The lowest BCUT2D eigenvalue weighted by Crippen LogP contribution is -2.68. The van der Waals surface area contributed by atoms with Crippen molar-refractivity contribution in [2.45, 2.75) is 102 Å². The molecule has 0 aromatic rings. The zero-order valence-corrected chi connectivity index (χ0v) is 21.5. The fourth-order valence-corrected chi connectivity index (χ4v) is 7.66. The smallest absolute Gasteiger partial charge is 0.333 e. The maximum atomic E-state index is 12.6. The van der Waals surface area contributed by atoms with Gasteiger partial charge in [-0.2, -0.15) is 0 Å². The molecule has 0 spiro atoms. The Kier molecular flexibility index (Phi) is 6.45. The summed E-state index contributed by atoms with van der Waals surface area (Å²) >= 11 is 0. The van der Waals surface area contributed by atoms with Crippen LogP contribution < -0.4 is 0 Å². The highest BCUT2D eigenvalue weighted by Gasteiger charge is 2.66. The van der Waals surface area contributed by atoms with Gasteiger partial charge in [-0.05, 0) is 57.8 Å². The van der Waals surface area contributed by atoms with Crippen molar-refractivity contribution in [1.82, 2.24) is 0 Å². The quantitative estimate of drug-likeness (QED) is 0.225. The van der Waals surface area contributed by atoms with Crippen molar-refractivity contribution < 1.29 is 28.5 Å². The summed E-state index contributed by atoms with van der Waals surface area (Å²) in [5.41, 5.74) is 0.105. The van der Waals surface area contributed by atoms with Crippen LogP contribution in [0.15, 0.2) is 12.2 Å². The van der Waals surface area contributed by atoms with Crippen LogP contribution >= 0.6 is 0 Å². The number of ether oxygens (including phenoxy) is 5. The normalized spacial score (nSPS) is 38.7. The molecule has 0 aromatic heterocycles. The summed E-state index contributed by atoms with van der Waals surface area (Å²) in [6.45, 7) is 15.1. The molecule has 0 aromatic carbocycles. The summed E-state index contributed by atoms with van der Waals surface area (Å²) in [5, 5.41) is 0. The molecule has 0 N–H and O–H groups in total. The SMILES string of the molecule is C=C(C)C(=O)OC12CC3CC(OCCCC4(C)COC4)(CC(OCCCC4(C)COC4)(C3)C1)C2. The van der Waals surface area contributed by atoms with E-state index in [9.17, 15) is 4.79 Å². The van der Waals surface area contributed by atoms with Crippen LogP contribution in [0, 0.1) is 16.7 Å². The molecule has 4 saturated carbocycles. The highest BCUT2D eigenvalue weighted by molar-refractivity contribution is 5.87. The second-order valence-corrected chi connectivity index (χ2v) is 13.2. The Morgan fingerprint density at radius 1 is 0.824 bits per heavy atom. The van der Waals surface area contributed by atoms with Crippen molar-refractivity contribution in [2.75, 3.05) is 39.6 Å². The molecule has 6 nitrogen and oxygen atoms in total. The van der Waals surface area contributed by atoms with Gasteiger partial charge in [0, 0.05) is 48.9 Å². The van der Waals surface area contributed by atoms with E-state index in [1.165, 1.54) is 0 Å². The Balaban J connectivity index is 1.25. The van der Waals surface area contributed by atoms with Crippen LogP contribution in [0.4, 0.5) is 0 Å². The topological polar surface area (TPSA) is 63.2 Å². The number of rotatable bonds is 12. The molecule has 2 unspecified atom stereocenters. The van der Waals surface area contributed by atoms with Crippen LogP contribution in [0.25, 0.3) is 0 Å². The standard InChI is InChI=1S/C28H44O6/c1-21(2)23(29)34-28-13-22-11-26(15-28,32-9-5-7-24(3)17-30-18-24)14-27(12-22,16-28)33-10-6-8-25(4)19-31-20-25/h22H,1,5-20H2,2-4H3. The van der Waals surface area contributed by atoms with E-state index >= 15 is 0 Å². The van der Waals surface area contributed by atoms with Crippen molar-refractivity contribution in [3.8, 4) is 0 Å². The molecule has 0 amide bonds. The number of carbonyl (C=O) groups excluding carboxylic acids is 1. The second kappa shape index (κ2) is 8.86. The number of carbonyl (C=O) groups is 1. The van der Waals surface area contributed by atoms with Gasteiger partial charge in [0.1, 0.15) is 5.60 Å². The predicted molar refractivity (Wildman–Crippen MR) is 129 cm³/mol. The zero-order valence-electron chi connectivity index (χ0n) is 21.5. The van der Waals surface area contributed by atoms with Crippen molar-refractivity contribution in [3.05, 3.63) is 12.2 Å². The lowest BCUT2D eigenvalue weighted by Gasteiger charge is -2.64. The Morgan fingerprint density at radius 3 is 1.68 bits per heavy atom. The summed E-state index contributed by atoms with van der Waals surface area (Å²) in [5.74, 6) is 0.201. The van der Waals surface area contributed by atoms with E-state index < -0.39 is 5.60 Å². The van der Waals surface area contributed by atoms with Gasteiger partial charge in [0.05, 0.1) is 37.6 Å². The zero-order chi connectivity index (χ0) is 24.1. The summed E-state index contributed by atoms with van der Waals surface area (Å²) in [7, 11) is 0. The van der Waals surface area contributed by atoms with E-state index in [1.807, 2.05) is 0 Å². The molecule has 0 radical (unpaired) electrons. The van der Waals surface area contributed by atoms with Gasteiger partial charge in [-0.15, -0.1) is 0 Å². The molecule has 6 aliphatic rings. The average Bonchev–Trinajstić information content (AvgIpc) is 2.70. The summed E-state index contributed by atoms with van der Waals surface area (Å²) in [4.78, 5) is 12.6. The lowest BCUT2D eigenvalue weighted by atomic mass is 9.50. The van der Waals surface area contributed by atoms with E-state index in [-0.39, 0.29) is 17.2 Å². The fraction of sp³-hybridized carbons (Fsp3) is 0.893. The van der Waals surface area contributed by atoms with E-state index in [4.69, 9.17) is 23.7 Å². The first-order valence-corrected chi connectivity index (χ1v) is 13.4. The monoisotopic (exact) mass is 476 g/mol. The minimum atomic E-state index is -0.489. The maximum absolute atomic E-state index is 12.6. The first-order chi connectivity index (χ1) is 16.1. The van der Waals surface area contributed by atoms with Crippen molar-refractivity contribution in [1.29, 1.82) is 0 Å². The molecule has 4 aliphatic carbocycles. The van der Waals surface area contributed by atoms with Crippen LogP contribution in [-0.4, -0.2) is 62.4 Å².